The molecule has 1 aromatic heterocycles. The van der Waals surface area contributed by atoms with Gasteiger partial charge in [0.15, 0.2) is 0 Å². The maximum atomic E-state index is 13.3. The number of rotatable bonds is 6. The minimum atomic E-state index is -0.303. The van der Waals surface area contributed by atoms with Crippen LogP contribution in [0.2, 0.25) is 0 Å². The molecular weight excluding hydrogens is 437 g/mol. The fraction of sp³-hybridized carbons (Fsp3) is 0.115. The van der Waals surface area contributed by atoms with E-state index in [0.717, 1.165) is 44.1 Å². The summed E-state index contributed by atoms with van der Waals surface area (Å²) in [4.78, 5) is 25.4. The topological polar surface area (TPSA) is 83.2 Å². The van der Waals surface area contributed by atoms with Crippen LogP contribution in [0, 0.1) is 22.1 Å². The molecule has 0 atom stereocenters. The number of aldehydes is 1. The third kappa shape index (κ3) is 6.03. The van der Waals surface area contributed by atoms with Gasteiger partial charge in [0.2, 0.25) is 0 Å². The molecule has 3 aromatic carbocycles. The van der Waals surface area contributed by atoms with Crippen molar-refractivity contribution in [2.75, 3.05) is 7.05 Å². The van der Waals surface area contributed by atoms with Gasteiger partial charge in [-0.15, -0.1) is 11.3 Å². The van der Waals surface area contributed by atoms with Crippen molar-refractivity contribution in [2.24, 2.45) is 5.18 Å². The van der Waals surface area contributed by atoms with Gasteiger partial charge in [-0.25, -0.2) is 9.37 Å². The molecule has 0 saturated carbocycles. The SMILES string of the molecule is CN=O.N#Cc1ccc(-c2ccccc2Cc2nc(-c3ccc(F)cc3)c(CC=O)s2)cc1. The molecule has 0 aliphatic rings. The lowest BCUT2D eigenvalue weighted by Crippen LogP contribution is -1.92. The lowest BCUT2D eigenvalue weighted by atomic mass is 9.97. The van der Waals surface area contributed by atoms with E-state index in [1.54, 1.807) is 12.1 Å². The van der Waals surface area contributed by atoms with E-state index in [2.05, 4.69) is 23.4 Å². The van der Waals surface area contributed by atoms with Gasteiger partial charge < -0.3 is 4.79 Å². The standard InChI is InChI=1S/C25H17FN2OS.CH3NO/c26-21-11-9-19(10-12-21)25-23(13-14-29)30-24(28-25)15-20-3-1-2-4-22(20)18-7-5-17(16-27)6-8-18;1-2-3/h1-12,14H,13,15H2;1H3. The van der Waals surface area contributed by atoms with E-state index in [4.69, 9.17) is 15.2 Å². The molecule has 0 N–H and O–H groups in total. The Labute approximate surface area is 195 Å². The lowest BCUT2D eigenvalue weighted by Gasteiger charge is -2.08. The monoisotopic (exact) mass is 457 g/mol. The first-order valence-electron chi connectivity index (χ1n) is 10.1. The summed E-state index contributed by atoms with van der Waals surface area (Å²) in [6.07, 6.45) is 1.77. The number of carbonyl (C=O) groups is 1. The molecule has 0 aliphatic heterocycles. The summed E-state index contributed by atoms with van der Waals surface area (Å²) < 4.78 is 13.3. The highest BCUT2D eigenvalue weighted by atomic mass is 32.1. The molecule has 5 nitrogen and oxygen atoms in total. The Morgan fingerprint density at radius 1 is 1.03 bits per heavy atom. The molecule has 0 aliphatic carbocycles. The lowest BCUT2D eigenvalue weighted by molar-refractivity contribution is -0.107. The number of thiazole rings is 1. The number of hydrogen-bond acceptors (Lipinski definition) is 6. The molecule has 4 aromatic rings. The highest BCUT2D eigenvalue weighted by molar-refractivity contribution is 7.12. The molecule has 0 unspecified atom stereocenters. The van der Waals surface area contributed by atoms with Gasteiger partial charge in [-0.05, 0) is 53.1 Å². The van der Waals surface area contributed by atoms with Crippen LogP contribution < -0.4 is 0 Å². The van der Waals surface area contributed by atoms with Crippen LogP contribution in [0.4, 0.5) is 4.39 Å². The van der Waals surface area contributed by atoms with Crippen molar-refractivity contribution in [2.45, 2.75) is 12.8 Å². The third-order valence-electron chi connectivity index (χ3n) is 4.81. The molecule has 0 spiro atoms. The number of aromatic nitrogens is 1. The van der Waals surface area contributed by atoms with E-state index >= 15 is 0 Å². The van der Waals surface area contributed by atoms with E-state index in [1.165, 1.54) is 30.5 Å². The third-order valence-corrected chi connectivity index (χ3v) is 5.89. The Morgan fingerprint density at radius 3 is 2.30 bits per heavy atom. The van der Waals surface area contributed by atoms with Gasteiger partial charge in [-0.3, -0.25) is 0 Å². The molecule has 0 amide bonds. The number of carbonyl (C=O) groups excluding carboxylic acids is 1. The van der Waals surface area contributed by atoms with Crippen molar-refractivity contribution in [1.82, 2.24) is 4.98 Å². The molecule has 4 rings (SSSR count). The Morgan fingerprint density at radius 2 is 1.67 bits per heavy atom. The molecule has 0 radical (unpaired) electrons. The fourth-order valence-corrected chi connectivity index (χ4v) is 4.43. The average molecular weight is 458 g/mol. The smallest absolute Gasteiger partial charge is 0.125 e. The fourth-order valence-electron chi connectivity index (χ4n) is 3.37. The van der Waals surface area contributed by atoms with Gasteiger partial charge >= 0.3 is 0 Å². The zero-order valence-corrected chi connectivity index (χ0v) is 18.7. The Kier molecular flexibility index (Phi) is 8.28. The summed E-state index contributed by atoms with van der Waals surface area (Å²) in [5.41, 5.74) is 5.39. The van der Waals surface area contributed by atoms with Crippen molar-refractivity contribution in [3.05, 3.63) is 105 Å². The second kappa shape index (κ2) is 11.6. The average Bonchev–Trinajstić information content (AvgIpc) is 3.23. The van der Waals surface area contributed by atoms with Gasteiger partial charge in [0.25, 0.3) is 0 Å². The molecule has 0 fully saturated rings. The first kappa shape index (κ1) is 23.6. The van der Waals surface area contributed by atoms with Crippen LogP contribution in [0.1, 0.15) is 21.0 Å². The maximum Gasteiger partial charge on any atom is 0.125 e. The Balaban J connectivity index is 0.000000968. The van der Waals surface area contributed by atoms with E-state index in [-0.39, 0.29) is 12.2 Å². The molecule has 33 heavy (non-hydrogen) atoms. The van der Waals surface area contributed by atoms with Crippen LogP contribution in [0.5, 0.6) is 0 Å². The minimum Gasteiger partial charge on any atom is -0.303 e. The van der Waals surface area contributed by atoms with Gasteiger partial charge in [0.05, 0.1) is 29.4 Å². The summed E-state index contributed by atoms with van der Waals surface area (Å²) >= 11 is 1.51. The van der Waals surface area contributed by atoms with Gasteiger partial charge in [-0.2, -0.15) is 10.2 Å². The molecule has 164 valence electrons. The molecule has 7 heteroatoms. The van der Waals surface area contributed by atoms with Crippen molar-refractivity contribution < 1.29 is 9.18 Å². The number of nitriles is 1. The van der Waals surface area contributed by atoms with Gasteiger partial charge in [-0.1, -0.05) is 41.6 Å². The first-order chi connectivity index (χ1) is 16.1. The van der Waals surface area contributed by atoms with Crippen LogP contribution in [-0.2, 0) is 17.6 Å². The van der Waals surface area contributed by atoms with Crippen LogP contribution in [0.3, 0.4) is 0 Å². The first-order valence-corrected chi connectivity index (χ1v) is 10.9. The van der Waals surface area contributed by atoms with E-state index in [1.807, 2.05) is 36.4 Å². The highest BCUT2D eigenvalue weighted by Gasteiger charge is 2.15. The predicted molar refractivity (Wildman–Crippen MR) is 128 cm³/mol. The zero-order valence-electron chi connectivity index (χ0n) is 17.9. The number of benzene rings is 3. The Bertz CT molecular complexity index is 1280. The summed E-state index contributed by atoms with van der Waals surface area (Å²) in [5.74, 6) is -0.303. The van der Waals surface area contributed by atoms with E-state index in [9.17, 15) is 9.18 Å². The van der Waals surface area contributed by atoms with Gasteiger partial charge in [0, 0.05) is 23.3 Å². The largest absolute Gasteiger partial charge is 0.303 e. The Hall–Kier alpha value is -4.02. The number of hydrogen-bond donors (Lipinski definition) is 0. The van der Waals surface area contributed by atoms with Gasteiger partial charge in [0.1, 0.15) is 12.1 Å². The number of nitroso groups, excluding NO2 is 1. The highest BCUT2D eigenvalue weighted by Crippen LogP contribution is 2.32. The molecule has 1 heterocycles. The second-order valence-electron chi connectivity index (χ2n) is 6.96. The summed E-state index contributed by atoms with van der Waals surface area (Å²) in [6.45, 7) is 0. The van der Waals surface area contributed by atoms with Crippen molar-refractivity contribution in [1.29, 1.82) is 5.26 Å². The number of nitrogens with zero attached hydrogens (tertiary/aromatic N) is 3. The number of halogens is 1. The molecule has 0 saturated heterocycles. The normalized spacial score (nSPS) is 9.97. The predicted octanol–water partition coefficient (Wildman–Crippen LogP) is 6.20. The van der Waals surface area contributed by atoms with Crippen LogP contribution in [0.25, 0.3) is 22.4 Å². The molecular formula is C26H20FN3O2S. The minimum absolute atomic E-state index is 0.279. The van der Waals surface area contributed by atoms with Crippen LogP contribution in [0.15, 0.2) is 78.0 Å². The van der Waals surface area contributed by atoms with E-state index in [0.29, 0.717) is 12.0 Å². The van der Waals surface area contributed by atoms with E-state index < -0.39 is 0 Å². The van der Waals surface area contributed by atoms with Crippen LogP contribution in [-0.4, -0.2) is 18.3 Å². The van der Waals surface area contributed by atoms with Crippen molar-refractivity contribution >= 4 is 17.6 Å². The van der Waals surface area contributed by atoms with Crippen LogP contribution >= 0.6 is 11.3 Å². The zero-order chi connectivity index (χ0) is 23.6. The summed E-state index contributed by atoms with van der Waals surface area (Å²) in [6, 6.07) is 23.9. The second-order valence-corrected chi connectivity index (χ2v) is 8.13. The maximum absolute atomic E-state index is 13.3. The quantitative estimate of drug-likeness (QED) is 0.255. The van der Waals surface area contributed by atoms with Crippen molar-refractivity contribution in [3.8, 4) is 28.5 Å². The summed E-state index contributed by atoms with van der Waals surface area (Å²) in [7, 11) is 1.19. The summed E-state index contributed by atoms with van der Waals surface area (Å²) in [5, 5.41) is 12.2. The van der Waals surface area contributed by atoms with Crippen molar-refractivity contribution in [3.63, 3.8) is 0 Å². The molecule has 0 bridgehead atoms.